The monoisotopic (exact) mass is 274 g/mol. The molecule has 1 saturated heterocycles. The third kappa shape index (κ3) is 3.38. The molecule has 0 spiro atoms. The average molecular weight is 274 g/mol. The SMILES string of the molecule is CC(C)c1ccccc1NC(=O)C(=O)N1CCCCC1. The lowest BCUT2D eigenvalue weighted by Gasteiger charge is -2.26. The van der Waals surface area contributed by atoms with Crippen LogP contribution in [-0.4, -0.2) is 29.8 Å². The largest absolute Gasteiger partial charge is 0.334 e. The minimum absolute atomic E-state index is 0.302. The molecule has 0 unspecified atom stereocenters. The lowest BCUT2D eigenvalue weighted by molar-refractivity contribution is -0.143. The quantitative estimate of drug-likeness (QED) is 0.843. The Kier molecular flexibility index (Phi) is 4.77. The third-order valence-electron chi connectivity index (χ3n) is 3.67. The Morgan fingerprint density at radius 3 is 2.40 bits per heavy atom. The van der Waals surface area contributed by atoms with E-state index in [-0.39, 0.29) is 0 Å². The second-order valence-corrected chi connectivity index (χ2v) is 5.55. The highest BCUT2D eigenvalue weighted by molar-refractivity contribution is 6.39. The average Bonchev–Trinajstić information content (AvgIpc) is 2.47. The number of para-hydroxylation sites is 1. The molecule has 0 aliphatic carbocycles. The molecule has 1 fully saturated rings. The topological polar surface area (TPSA) is 49.4 Å². The fraction of sp³-hybridized carbons (Fsp3) is 0.500. The summed E-state index contributed by atoms with van der Waals surface area (Å²) >= 11 is 0. The van der Waals surface area contributed by atoms with Crippen molar-refractivity contribution in [3.05, 3.63) is 29.8 Å². The van der Waals surface area contributed by atoms with Crippen molar-refractivity contribution in [2.24, 2.45) is 0 Å². The van der Waals surface area contributed by atoms with Crippen molar-refractivity contribution in [1.29, 1.82) is 0 Å². The number of piperidine rings is 1. The number of hydrogen-bond acceptors (Lipinski definition) is 2. The first kappa shape index (κ1) is 14.6. The summed E-state index contributed by atoms with van der Waals surface area (Å²) in [5.41, 5.74) is 1.78. The maximum atomic E-state index is 12.1. The summed E-state index contributed by atoms with van der Waals surface area (Å²) in [6.45, 7) is 5.52. The van der Waals surface area contributed by atoms with Gasteiger partial charge in [0.05, 0.1) is 0 Å². The summed E-state index contributed by atoms with van der Waals surface area (Å²) < 4.78 is 0. The van der Waals surface area contributed by atoms with Crippen molar-refractivity contribution in [3.8, 4) is 0 Å². The molecule has 108 valence electrons. The Labute approximate surface area is 120 Å². The molecule has 1 N–H and O–H groups in total. The van der Waals surface area contributed by atoms with E-state index in [0.29, 0.717) is 19.0 Å². The van der Waals surface area contributed by atoms with Crippen LogP contribution in [0.4, 0.5) is 5.69 Å². The summed E-state index contributed by atoms with van der Waals surface area (Å²) in [7, 11) is 0. The zero-order chi connectivity index (χ0) is 14.5. The highest BCUT2D eigenvalue weighted by Crippen LogP contribution is 2.23. The van der Waals surface area contributed by atoms with E-state index in [4.69, 9.17) is 0 Å². The zero-order valence-corrected chi connectivity index (χ0v) is 12.2. The molecule has 1 aromatic rings. The number of carbonyl (C=O) groups excluding carboxylic acids is 2. The van der Waals surface area contributed by atoms with Gasteiger partial charge in [0.15, 0.2) is 0 Å². The Balaban J connectivity index is 2.05. The van der Waals surface area contributed by atoms with Crippen LogP contribution in [0.5, 0.6) is 0 Å². The predicted octanol–water partition coefficient (Wildman–Crippen LogP) is 2.76. The number of likely N-dealkylation sites (tertiary alicyclic amines) is 1. The van der Waals surface area contributed by atoms with Gasteiger partial charge < -0.3 is 10.2 Å². The lowest BCUT2D eigenvalue weighted by Crippen LogP contribution is -2.42. The molecule has 2 rings (SSSR count). The minimum atomic E-state index is -0.528. The summed E-state index contributed by atoms with van der Waals surface area (Å²) in [6.07, 6.45) is 3.12. The molecule has 1 heterocycles. The molecule has 0 saturated carbocycles. The van der Waals surface area contributed by atoms with Crippen LogP contribution in [0.15, 0.2) is 24.3 Å². The van der Waals surface area contributed by atoms with Gasteiger partial charge in [-0.15, -0.1) is 0 Å². The molecular weight excluding hydrogens is 252 g/mol. The number of benzene rings is 1. The van der Waals surface area contributed by atoms with E-state index in [1.54, 1.807) is 4.90 Å². The van der Waals surface area contributed by atoms with E-state index in [1.165, 1.54) is 0 Å². The van der Waals surface area contributed by atoms with Crippen LogP contribution >= 0.6 is 0 Å². The molecule has 1 aliphatic heterocycles. The molecular formula is C16H22N2O2. The highest BCUT2D eigenvalue weighted by Gasteiger charge is 2.23. The first-order valence-corrected chi connectivity index (χ1v) is 7.29. The molecule has 0 aromatic heterocycles. The molecule has 2 amide bonds. The van der Waals surface area contributed by atoms with Crippen molar-refractivity contribution in [2.45, 2.75) is 39.0 Å². The van der Waals surface area contributed by atoms with E-state index in [1.807, 2.05) is 24.3 Å². The van der Waals surface area contributed by atoms with Gasteiger partial charge in [-0.3, -0.25) is 9.59 Å². The van der Waals surface area contributed by atoms with Crippen molar-refractivity contribution in [2.75, 3.05) is 18.4 Å². The van der Waals surface area contributed by atoms with E-state index in [0.717, 1.165) is 30.5 Å². The van der Waals surface area contributed by atoms with Crippen molar-refractivity contribution in [3.63, 3.8) is 0 Å². The summed E-state index contributed by atoms with van der Waals surface area (Å²) in [5.74, 6) is -0.639. The fourth-order valence-electron chi connectivity index (χ4n) is 2.53. The van der Waals surface area contributed by atoms with E-state index < -0.39 is 11.8 Å². The Bertz CT molecular complexity index is 491. The number of anilines is 1. The Morgan fingerprint density at radius 2 is 1.75 bits per heavy atom. The van der Waals surface area contributed by atoms with Crippen LogP contribution in [0.3, 0.4) is 0 Å². The van der Waals surface area contributed by atoms with Crippen LogP contribution in [0, 0.1) is 0 Å². The Hall–Kier alpha value is -1.84. The highest BCUT2D eigenvalue weighted by atomic mass is 16.2. The fourth-order valence-corrected chi connectivity index (χ4v) is 2.53. The second-order valence-electron chi connectivity index (χ2n) is 5.55. The smallest absolute Gasteiger partial charge is 0.313 e. The first-order chi connectivity index (χ1) is 9.59. The number of amides is 2. The number of carbonyl (C=O) groups is 2. The van der Waals surface area contributed by atoms with Crippen molar-refractivity contribution >= 4 is 17.5 Å². The maximum absolute atomic E-state index is 12.1. The molecule has 4 heteroatoms. The maximum Gasteiger partial charge on any atom is 0.313 e. The lowest BCUT2D eigenvalue weighted by atomic mass is 10.0. The molecule has 1 aromatic carbocycles. The van der Waals surface area contributed by atoms with Gasteiger partial charge in [0.1, 0.15) is 0 Å². The molecule has 0 radical (unpaired) electrons. The summed E-state index contributed by atoms with van der Waals surface area (Å²) in [5, 5.41) is 2.76. The van der Waals surface area contributed by atoms with Gasteiger partial charge >= 0.3 is 11.8 Å². The first-order valence-electron chi connectivity index (χ1n) is 7.29. The molecule has 4 nitrogen and oxygen atoms in total. The van der Waals surface area contributed by atoms with Gasteiger partial charge in [-0.05, 0) is 36.8 Å². The van der Waals surface area contributed by atoms with E-state index in [2.05, 4.69) is 19.2 Å². The molecule has 0 bridgehead atoms. The number of nitrogens with zero attached hydrogens (tertiary/aromatic N) is 1. The summed E-state index contributed by atoms with van der Waals surface area (Å²) in [4.78, 5) is 25.8. The van der Waals surface area contributed by atoms with Crippen LogP contribution in [0.25, 0.3) is 0 Å². The van der Waals surface area contributed by atoms with Crippen LogP contribution in [0.1, 0.15) is 44.6 Å². The number of rotatable bonds is 2. The van der Waals surface area contributed by atoms with Gasteiger partial charge in [0.25, 0.3) is 0 Å². The van der Waals surface area contributed by atoms with Gasteiger partial charge in [-0.2, -0.15) is 0 Å². The standard InChI is InChI=1S/C16H22N2O2/c1-12(2)13-8-4-5-9-14(13)17-15(19)16(20)18-10-6-3-7-11-18/h4-5,8-9,12H,3,6-7,10-11H2,1-2H3,(H,17,19). The van der Waals surface area contributed by atoms with Crippen molar-refractivity contribution in [1.82, 2.24) is 4.90 Å². The Morgan fingerprint density at radius 1 is 1.10 bits per heavy atom. The molecule has 0 atom stereocenters. The molecule has 1 aliphatic rings. The number of hydrogen-bond donors (Lipinski definition) is 1. The van der Waals surface area contributed by atoms with E-state index in [9.17, 15) is 9.59 Å². The van der Waals surface area contributed by atoms with Gasteiger partial charge in [0, 0.05) is 18.8 Å². The van der Waals surface area contributed by atoms with Gasteiger partial charge in [-0.1, -0.05) is 32.0 Å². The minimum Gasteiger partial charge on any atom is -0.334 e. The normalized spacial score (nSPS) is 15.2. The van der Waals surface area contributed by atoms with Crippen molar-refractivity contribution < 1.29 is 9.59 Å². The number of nitrogens with one attached hydrogen (secondary N) is 1. The second kappa shape index (κ2) is 6.55. The van der Waals surface area contributed by atoms with Gasteiger partial charge in [-0.25, -0.2) is 0 Å². The van der Waals surface area contributed by atoms with Crippen LogP contribution in [0.2, 0.25) is 0 Å². The third-order valence-corrected chi connectivity index (χ3v) is 3.67. The summed E-state index contributed by atoms with van der Waals surface area (Å²) in [6, 6.07) is 7.63. The zero-order valence-electron chi connectivity index (χ0n) is 12.2. The van der Waals surface area contributed by atoms with E-state index >= 15 is 0 Å². The predicted molar refractivity (Wildman–Crippen MR) is 79.6 cm³/mol. The van der Waals surface area contributed by atoms with Gasteiger partial charge in [0.2, 0.25) is 0 Å². The molecule has 20 heavy (non-hydrogen) atoms. The van der Waals surface area contributed by atoms with Crippen LogP contribution in [-0.2, 0) is 9.59 Å². The van der Waals surface area contributed by atoms with Crippen LogP contribution < -0.4 is 5.32 Å².